The Bertz CT molecular complexity index is 407. The van der Waals surface area contributed by atoms with Gasteiger partial charge in [-0.25, -0.2) is 9.97 Å². The number of hydrogen-bond acceptors (Lipinski definition) is 5. The lowest BCUT2D eigenvalue weighted by molar-refractivity contribution is 0.602. The average molecular weight is 263 g/mol. The van der Waals surface area contributed by atoms with Crippen molar-refractivity contribution in [1.29, 1.82) is 0 Å². The van der Waals surface area contributed by atoms with Crippen molar-refractivity contribution in [2.75, 3.05) is 43.0 Å². The highest BCUT2D eigenvalue weighted by molar-refractivity contribution is 5.50. The summed E-state index contributed by atoms with van der Waals surface area (Å²) in [4.78, 5) is 13.3. The fourth-order valence-corrected chi connectivity index (χ4v) is 2.59. The van der Waals surface area contributed by atoms with Crippen LogP contribution in [0, 0.1) is 11.8 Å². The molecule has 2 rings (SSSR count). The maximum absolute atomic E-state index is 5.74. The Hall–Kier alpha value is -1.36. The van der Waals surface area contributed by atoms with E-state index in [1.54, 1.807) is 6.33 Å². The van der Waals surface area contributed by atoms with Crippen LogP contribution in [0.5, 0.6) is 0 Å². The predicted molar refractivity (Wildman–Crippen MR) is 79.5 cm³/mol. The molecule has 5 nitrogen and oxygen atoms in total. The molecule has 2 heterocycles. The van der Waals surface area contributed by atoms with Crippen LogP contribution in [-0.2, 0) is 0 Å². The number of hydrogen-bond donors (Lipinski definition) is 1. The molecule has 1 aliphatic rings. The molecule has 1 aromatic heterocycles. The van der Waals surface area contributed by atoms with Gasteiger partial charge in [-0.05, 0) is 24.8 Å². The van der Waals surface area contributed by atoms with Gasteiger partial charge in [0.15, 0.2) is 0 Å². The van der Waals surface area contributed by atoms with Crippen molar-refractivity contribution in [3.63, 3.8) is 0 Å². The van der Waals surface area contributed by atoms with Crippen LogP contribution in [0.2, 0.25) is 0 Å². The first-order valence-electron chi connectivity index (χ1n) is 7.08. The molecule has 2 N–H and O–H groups in total. The Morgan fingerprint density at radius 1 is 1.47 bits per heavy atom. The largest absolute Gasteiger partial charge is 0.359 e. The van der Waals surface area contributed by atoms with Crippen molar-refractivity contribution < 1.29 is 0 Å². The lowest BCUT2D eigenvalue weighted by atomic mass is 10.1. The highest BCUT2D eigenvalue weighted by Crippen LogP contribution is 2.23. The van der Waals surface area contributed by atoms with Gasteiger partial charge >= 0.3 is 0 Å². The molecule has 0 aromatic carbocycles. The van der Waals surface area contributed by atoms with Gasteiger partial charge in [-0.15, -0.1) is 0 Å². The van der Waals surface area contributed by atoms with Crippen molar-refractivity contribution in [3.05, 3.63) is 12.4 Å². The van der Waals surface area contributed by atoms with E-state index in [9.17, 15) is 0 Å². The van der Waals surface area contributed by atoms with E-state index < -0.39 is 0 Å². The molecule has 1 fully saturated rings. The van der Waals surface area contributed by atoms with E-state index in [1.165, 1.54) is 0 Å². The minimum Gasteiger partial charge on any atom is -0.359 e. The first-order chi connectivity index (χ1) is 9.10. The van der Waals surface area contributed by atoms with Gasteiger partial charge in [-0.3, -0.25) is 0 Å². The monoisotopic (exact) mass is 263 g/mol. The maximum atomic E-state index is 5.74. The molecule has 0 radical (unpaired) electrons. The minimum absolute atomic E-state index is 0.604. The Labute approximate surface area is 115 Å². The van der Waals surface area contributed by atoms with Gasteiger partial charge in [-0.1, -0.05) is 13.8 Å². The van der Waals surface area contributed by atoms with E-state index in [0.29, 0.717) is 11.8 Å². The van der Waals surface area contributed by atoms with E-state index in [1.807, 2.05) is 0 Å². The predicted octanol–water partition coefficient (Wildman–Crippen LogP) is 1.35. The molecule has 1 aromatic rings. The summed E-state index contributed by atoms with van der Waals surface area (Å²) in [7, 11) is 2.08. The molecular formula is C14H25N5. The van der Waals surface area contributed by atoms with Gasteiger partial charge < -0.3 is 15.5 Å². The molecule has 0 amide bonds. The normalized spacial score (nSPS) is 19.2. The molecule has 0 saturated carbocycles. The summed E-state index contributed by atoms with van der Waals surface area (Å²) in [6.45, 7) is 8.26. The zero-order valence-electron chi connectivity index (χ0n) is 12.2. The lowest BCUT2D eigenvalue weighted by Crippen LogP contribution is -2.26. The number of anilines is 2. The summed E-state index contributed by atoms with van der Waals surface area (Å²) in [5, 5.41) is 0. The smallest absolute Gasteiger partial charge is 0.134 e. The highest BCUT2D eigenvalue weighted by Gasteiger charge is 2.22. The first-order valence-corrected chi connectivity index (χ1v) is 7.08. The highest BCUT2D eigenvalue weighted by atomic mass is 15.2. The standard InChI is InChI=1S/C14H25N5/c1-11(2)8-18(3)13-6-14(17-10-16-13)19-5-4-12(7-15)9-19/h6,10-12H,4-5,7-9,15H2,1-3H3. The molecule has 0 spiro atoms. The van der Waals surface area contributed by atoms with Crippen molar-refractivity contribution in [2.45, 2.75) is 20.3 Å². The third-order valence-corrected chi connectivity index (χ3v) is 3.61. The fourth-order valence-electron chi connectivity index (χ4n) is 2.59. The molecule has 1 saturated heterocycles. The van der Waals surface area contributed by atoms with Crippen LogP contribution in [-0.4, -0.2) is 43.2 Å². The van der Waals surface area contributed by atoms with Crippen LogP contribution in [0.4, 0.5) is 11.6 Å². The molecule has 1 aliphatic heterocycles. The van der Waals surface area contributed by atoms with Crippen molar-refractivity contribution in [1.82, 2.24) is 9.97 Å². The second kappa shape index (κ2) is 6.19. The minimum atomic E-state index is 0.604. The van der Waals surface area contributed by atoms with Gasteiger partial charge in [0.05, 0.1) is 0 Å². The third kappa shape index (κ3) is 3.56. The second-order valence-electron chi connectivity index (χ2n) is 5.85. The number of aromatic nitrogens is 2. The van der Waals surface area contributed by atoms with Crippen LogP contribution in [0.25, 0.3) is 0 Å². The summed E-state index contributed by atoms with van der Waals surface area (Å²) in [5.41, 5.74) is 5.74. The Kier molecular flexibility index (Phi) is 4.58. The van der Waals surface area contributed by atoms with E-state index in [0.717, 1.165) is 44.2 Å². The zero-order valence-corrected chi connectivity index (χ0v) is 12.2. The van der Waals surface area contributed by atoms with Crippen molar-refractivity contribution >= 4 is 11.6 Å². The third-order valence-electron chi connectivity index (χ3n) is 3.61. The van der Waals surface area contributed by atoms with Crippen LogP contribution in [0.15, 0.2) is 12.4 Å². The van der Waals surface area contributed by atoms with Crippen LogP contribution in [0.3, 0.4) is 0 Å². The summed E-state index contributed by atoms with van der Waals surface area (Å²) >= 11 is 0. The summed E-state index contributed by atoms with van der Waals surface area (Å²) in [5.74, 6) is 3.25. The molecule has 0 bridgehead atoms. The summed E-state index contributed by atoms with van der Waals surface area (Å²) in [6.07, 6.45) is 2.83. The number of rotatable bonds is 5. The van der Waals surface area contributed by atoms with E-state index in [2.05, 4.69) is 46.7 Å². The van der Waals surface area contributed by atoms with Crippen LogP contribution in [0.1, 0.15) is 20.3 Å². The summed E-state index contributed by atoms with van der Waals surface area (Å²) < 4.78 is 0. The van der Waals surface area contributed by atoms with Gasteiger partial charge in [0.1, 0.15) is 18.0 Å². The van der Waals surface area contributed by atoms with Crippen molar-refractivity contribution in [2.24, 2.45) is 17.6 Å². The summed E-state index contributed by atoms with van der Waals surface area (Å²) in [6, 6.07) is 2.08. The average Bonchev–Trinajstić information content (AvgIpc) is 2.87. The topological polar surface area (TPSA) is 58.3 Å². The van der Waals surface area contributed by atoms with E-state index >= 15 is 0 Å². The molecular weight excluding hydrogens is 238 g/mol. The molecule has 5 heteroatoms. The number of nitrogens with zero attached hydrogens (tertiary/aromatic N) is 4. The zero-order chi connectivity index (χ0) is 13.8. The van der Waals surface area contributed by atoms with Crippen LogP contribution < -0.4 is 15.5 Å². The fraction of sp³-hybridized carbons (Fsp3) is 0.714. The Morgan fingerprint density at radius 3 is 2.89 bits per heavy atom. The van der Waals surface area contributed by atoms with E-state index in [4.69, 9.17) is 5.73 Å². The van der Waals surface area contributed by atoms with Crippen molar-refractivity contribution in [3.8, 4) is 0 Å². The van der Waals surface area contributed by atoms with Gasteiger partial charge in [0.25, 0.3) is 0 Å². The molecule has 0 aliphatic carbocycles. The quantitative estimate of drug-likeness (QED) is 0.869. The Balaban J connectivity index is 2.07. The SMILES string of the molecule is CC(C)CN(C)c1cc(N2CCC(CN)C2)ncn1. The molecule has 1 atom stereocenters. The van der Waals surface area contributed by atoms with Gasteiger partial charge in [0.2, 0.25) is 0 Å². The van der Waals surface area contributed by atoms with Gasteiger partial charge in [0, 0.05) is 32.7 Å². The Morgan fingerprint density at radius 2 is 2.26 bits per heavy atom. The van der Waals surface area contributed by atoms with Gasteiger partial charge in [-0.2, -0.15) is 0 Å². The lowest BCUT2D eigenvalue weighted by Gasteiger charge is -2.23. The first kappa shape index (κ1) is 14.1. The van der Waals surface area contributed by atoms with Crippen LogP contribution >= 0.6 is 0 Å². The number of nitrogens with two attached hydrogens (primary N) is 1. The molecule has 19 heavy (non-hydrogen) atoms. The van der Waals surface area contributed by atoms with E-state index in [-0.39, 0.29) is 0 Å². The maximum Gasteiger partial charge on any atom is 0.134 e. The molecule has 106 valence electrons. The second-order valence-corrected chi connectivity index (χ2v) is 5.85. The molecule has 1 unspecified atom stereocenters.